The molecule has 3 aromatic rings. The molecule has 0 spiro atoms. The lowest BCUT2D eigenvalue weighted by Gasteiger charge is -2.09. The van der Waals surface area contributed by atoms with Crippen LogP contribution in [0.1, 0.15) is 32.7 Å². The number of carbonyl (C=O) groups excluding carboxylic acids is 1. The average molecular weight is 398 g/mol. The fraction of sp³-hybridized carbons (Fsp3) is 0.190. The van der Waals surface area contributed by atoms with Gasteiger partial charge in [-0.25, -0.2) is 9.97 Å². The van der Waals surface area contributed by atoms with E-state index in [1.54, 1.807) is 0 Å². The molecule has 0 aliphatic heterocycles. The average Bonchev–Trinajstić information content (AvgIpc) is 2.65. The van der Waals surface area contributed by atoms with Crippen LogP contribution in [0.5, 0.6) is 0 Å². The van der Waals surface area contributed by atoms with Crippen LogP contribution in [0.3, 0.4) is 0 Å². The number of halogens is 1. The summed E-state index contributed by atoms with van der Waals surface area (Å²) in [7, 11) is 0. The van der Waals surface area contributed by atoms with Crippen molar-refractivity contribution in [2.75, 3.05) is 5.32 Å². The van der Waals surface area contributed by atoms with Crippen LogP contribution in [0.25, 0.3) is 0 Å². The van der Waals surface area contributed by atoms with Gasteiger partial charge in [0.2, 0.25) is 0 Å². The molecule has 0 radical (unpaired) electrons. The molecule has 0 fully saturated rings. The molecule has 6 heteroatoms. The molecule has 4 nitrogen and oxygen atoms in total. The second kappa shape index (κ2) is 8.55. The first-order valence-electron chi connectivity index (χ1n) is 8.52. The van der Waals surface area contributed by atoms with Crippen molar-refractivity contribution in [2.45, 2.75) is 31.7 Å². The van der Waals surface area contributed by atoms with Gasteiger partial charge in [-0.1, -0.05) is 53.7 Å². The quantitative estimate of drug-likeness (QED) is 0.449. The number of aryl methyl sites for hydroxylation is 3. The highest BCUT2D eigenvalue weighted by atomic mass is 35.5. The summed E-state index contributed by atoms with van der Waals surface area (Å²) < 4.78 is 0. The normalized spacial score (nSPS) is 10.7. The van der Waals surface area contributed by atoms with E-state index in [0.717, 1.165) is 11.3 Å². The second-order valence-electron chi connectivity index (χ2n) is 6.32. The zero-order chi connectivity index (χ0) is 19.4. The van der Waals surface area contributed by atoms with Gasteiger partial charge in [0.05, 0.1) is 11.2 Å². The third-order valence-corrected chi connectivity index (χ3v) is 5.51. The van der Waals surface area contributed by atoms with E-state index in [1.165, 1.54) is 34.6 Å². The van der Waals surface area contributed by atoms with Crippen molar-refractivity contribution in [2.24, 2.45) is 0 Å². The highest BCUT2D eigenvalue weighted by molar-refractivity contribution is 7.98. The molecule has 138 valence electrons. The van der Waals surface area contributed by atoms with Crippen LogP contribution >= 0.6 is 23.4 Å². The minimum Gasteiger partial charge on any atom is -0.321 e. The fourth-order valence-corrected chi connectivity index (χ4v) is 3.57. The van der Waals surface area contributed by atoms with E-state index in [9.17, 15) is 4.79 Å². The van der Waals surface area contributed by atoms with E-state index >= 15 is 0 Å². The topological polar surface area (TPSA) is 54.9 Å². The number of thioether (sulfide) groups is 1. The zero-order valence-corrected chi connectivity index (χ0v) is 17.0. The summed E-state index contributed by atoms with van der Waals surface area (Å²) in [6.07, 6.45) is 1.48. The van der Waals surface area contributed by atoms with Crippen LogP contribution in [-0.2, 0) is 5.75 Å². The number of benzene rings is 2. The molecule has 0 bridgehead atoms. The summed E-state index contributed by atoms with van der Waals surface area (Å²) in [5, 5.41) is 3.61. The van der Waals surface area contributed by atoms with Gasteiger partial charge in [-0.3, -0.25) is 4.79 Å². The highest BCUT2D eigenvalue weighted by Crippen LogP contribution is 2.24. The van der Waals surface area contributed by atoms with E-state index in [1.807, 2.05) is 44.2 Å². The Bertz CT molecular complexity index is 991. The largest absolute Gasteiger partial charge is 0.321 e. The van der Waals surface area contributed by atoms with Crippen LogP contribution in [0.2, 0.25) is 5.02 Å². The Kier molecular flexibility index (Phi) is 6.14. The number of aromatic nitrogens is 2. The molecule has 3 rings (SSSR count). The maximum absolute atomic E-state index is 12.6. The van der Waals surface area contributed by atoms with Crippen molar-refractivity contribution in [3.63, 3.8) is 0 Å². The number of amides is 1. The Labute approximate surface area is 168 Å². The van der Waals surface area contributed by atoms with Crippen molar-refractivity contribution in [3.8, 4) is 0 Å². The van der Waals surface area contributed by atoms with Gasteiger partial charge in [0.15, 0.2) is 10.9 Å². The minimum atomic E-state index is -0.344. The van der Waals surface area contributed by atoms with Crippen LogP contribution in [0.15, 0.2) is 53.8 Å². The van der Waals surface area contributed by atoms with Crippen LogP contribution < -0.4 is 5.32 Å². The van der Waals surface area contributed by atoms with Gasteiger partial charge >= 0.3 is 0 Å². The van der Waals surface area contributed by atoms with Gasteiger partial charge < -0.3 is 5.32 Å². The first-order valence-corrected chi connectivity index (χ1v) is 9.89. The molecule has 1 aromatic heterocycles. The third kappa shape index (κ3) is 4.87. The van der Waals surface area contributed by atoms with Crippen LogP contribution in [0, 0.1) is 20.8 Å². The number of rotatable bonds is 5. The van der Waals surface area contributed by atoms with Gasteiger partial charge in [-0.15, -0.1) is 0 Å². The molecule has 1 heterocycles. The lowest BCUT2D eigenvalue weighted by molar-refractivity contribution is 0.102. The molecule has 0 aliphatic rings. The Balaban J connectivity index is 1.75. The Morgan fingerprint density at radius 3 is 2.59 bits per heavy atom. The summed E-state index contributed by atoms with van der Waals surface area (Å²) in [4.78, 5) is 21.2. The van der Waals surface area contributed by atoms with Gasteiger partial charge in [-0.05, 0) is 55.2 Å². The second-order valence-corrected chi connectivity index (χ2v) is 7.67. The molecule has 0 atom stereocenters. The highest BCUT2D eigenvalue weighted by Gasteiger charge is 2.15. The summed E-state index contributed by atoms with van der Waals surface area (Å²) in [6, 6.07) is 13.9. The van der Waals surface area contributed by atoms with Gasteiger partial charge in [-0.2, -0.15) is 0 Å². The third-order valence-electron chi connectivity index (χ3n) is 4.32. The van der Waals surface area contributed by atoms with Crippen molar-refractivity contribution < 1.29 is 4.79 Å². The van der Waals surface area contributed by atoms with E-state index in [2.05, 4.69) is 34.3 Å². The van der Waals surface area contributed by atoms with Crippen molar-refractivity contribution in [1.82, 2.24) is 9.97 Å². The zero-order valence-electron chi connectivity index (χ0n) is 15.4. The molecule has 0 saturated carbocycles. The van der Waals surface area contributed by atoms with Gasteiger partial charge in [0, 0.05) is 11.4 Å². The molecular weight excluding hydrogens is 378 g/mol. The number of nitrogens with one attached hydrogen (secondary N) is 1. The SMILES string of the molecule is Cc1ccc(NC(=O)c2nc(SCc3ccccc3C)ncc2Cl)cc1C. The summed E-state index contributed by atoms with van der Waals surface area (Å²) in [5.74, 6) is 0.385. The van der Waals surface area contributed by atoms with E-state index in [4.69, 9.17) is 11.6 Å². The van der Waals surface area contributed by atoms with Gasteiger partial charge in [0.25, 0.3) is 5.91 Å². The predicted octanol–water partition coefficient (Wildman–Crippen LogP) is 5.60. The smallest absolute Gasteiger partial charge is 0.275 e. The maximum Gasteiger partial charge on any atom is 0.275 e. The van der Waals surface area contributed by atoms with Crippen molar-refractivity contribution in [3.05, 3.63) is 81.6 Å². The lowest BCUT2D eigenvalue weighted by atomic mass is 10.1. The Morgan fingerprint density at radius 2 is 1.85 bits per heavy atom. The molecule has 0 saturated heterocycles. The van der Waals surface area contributed by atoms with Crippen LogP contribution in [-0.4, -0.2) is 15.9 Å². The van der Waals surface area contributed by atoms with E-state index < -0.39 is 0 Å². The Morgan fingerprint density at radius 1 is 1.07 bits per heavy atom. The number of carbonyl (C=O) groups is 1. The molecule has 0 unspecified atom stereocenters. The van der Waals surface area contributed by atoms with Crippen molar-refractivity contribution in [1.29, 1.82) is 0 Å². The fourth-order valence-electron chi connectivity index (χ4n) is 2.50. The summed E-state index contributed by atoms with van der Waals surface area (Å²) >= 11 is 7.64. The summed E-state index contributed by atoms with van der Waals surface area (Å²) in [5.41, 5.74) is 5.59. The van der Waals surface area contributed by atoms with Crippen molar-refractivity contribution >= 4 is 35.0 Å². The van der Waals surface area contributed by atoms with Gasteiger partial charge in [0.1, 0.15) is 0 Å². The Hall–Kier alpha value is -2.37. The first kappa shape index (κ1) is 19.4. The monoisotopic (exact) mass is 397 g/mol. The molecule has 0 aliphatic carbocycles. The molecule has 1 amide bonds. The maximum atomic E-state index is 12.6. The minimum absolute atomic E-state index is 0.178. The number of nitrogens with zero attached hydrogens (tertiary/aromatic N) is 2. The molecule has 1 N–H and O–H groups in total. The van der Waals surface area contributed by atoms with Crippen LogP contribution in [0.4, 0.5) is 5.69 Å². The molecular formula is C21H20ClN3OS. The first-order chi connectivity index (χ1) is 12.9. The predicted molar refractivity (Wildman–Crippen MR) is 112 cm³/mol. The number of hydrogen-bond acceptors (Lipinski definition) is 4. The summed E-state index contributed by atoms with van der Waals surface area (Å²) in [6.45, 7) is 6.10. The van der Waals surface area contributed by atoms with E-state index in [-0.39, 0.29) is 16.6 Å². The lowest BCUT2D eigenvalue weighted by Crippen LogP contribution is -2.15. The number of anilines is 1. The van der Waals surface area contributed by atoms with E-state index in [0.29, 0.717) is 10.8 Å². The molecule has 27 heavy (non-hydrogen) atoms. The number of hydrogen-bond donors (Lipinski definition) is 1. The molecule has 2 aromatic carbocycles. The standard InChI is InChI=1S/C21H20ClN3OS/c1-13-8-9-17(10-15(13)3)24-20(26)19-18(22)11-23-21(25-19)27-12-16-7-5-4-6-14(16)2/h4-11H,12H2,1-3H3,(H,24,26).